The standard InChI is InChI=1S/C28H50O6Si/c1-20(2)33-26(29)12-10-11-21-14-15-22-23(19-32-35(6,7)28(3,4)5)25(17-24(22)31-18-21)34-27-13-8-9-16-30-27/h14,20,22-25,27H,8-13,15-19H2,1-7H3/t22-,23-,24-,25-,27?/m1/s1. The number of hydrogen-bond acceptors (Lipinski definition) is 6. The zero-order valence-corrected chi connectivity index (χ0v) is 24.3. The third-order valence-electron chi connectivity index (χ3n) is 8.28. The van der Waals surface area contributed by atoms with E-state index in [1.54, 1.807) is 0 Å². The number of carbonyl (C=O) groups is 1. The van der Waals surface area contributed by atoms with E-state index in [2.05, 4.69) is 39.9 Å². The van der Waals surface area contributed by atoms with Gasteiger partial charge in [-0.3, -0.25) is 4.79 Å². The number of ether oxygens (including phenoxy) is 4. The Morgan fingerprint density at radius 2 is 1.97 bits per heavy atom. The zero-order chi connectivity index (χ0) is 25.6. The topological polar surface area (TPSA) is 63.2 Å². The lowest BCUT2D eigenvalue weighted by Gasteiger charge is -2.38. The molecule has 0 radical (unpaired) electrons. The highest BCUT2D eigenvalue weighted by Gasteiger charge is 2.47. The number of fused-ring (bicyclic) bond motifs is 1. The molecule has 1 unspecified atom stereocenters. The van der Waals surface area contributed by atoms with E-state index in [-0.39, 0.29) is 35.6 Å². The van der Waals surface area contributed by atoms with Crippen molar-refractivity contribution in [2.45, 2.75) is 129 Å². The molecule has 0 aromatic carbocycles. The molecule has 0 aromatic rings. The van der Waals surface area contributed by atoms with Gasteiger partial charge in [-0.05, 0) is 82.0 Å². The summed E-state index contributed by atoms with van der Waals surface area (Å²) in [6.07, 6.45) is 9.80. The maximum atomic E-state index is 11.9. The highest BCUT2D eigenvalue weighted by molar-refractivity contribution is 6.74. The summed E-state index contributed by atoms with van der Waals surface area (Å²) >= 11 is 0. The van der Waals surface area contributed by atoms with Gasteiger partial charge >= 0.3 is 5.97 Å². The summed E-state index contributed by atoms with van der Waals surface area (Å²) in [6.45, 7) is 17.5. The minimum Gasteiger partial charge on any atom is -0.463 e. The second kappa shape index (κ2) is 12.7. The number of esters is 1. The molecule has 0 bridgehead atoms. The molecule has 1 saturated heterocycles. The first kappa shape index (κ1) is 28.8. The molecular weight excluding hydrogens is 460 g/mol. The number of hydrogen-bond donors (Lipinski definition) is 0. The Balaban J connectivity index is 1.63. The van der Waals surface area contributed by atoms with Crippen molar-refractivity contribution in [2.75, 3.05) is 19.8 Å². The van der Waals surface area contributed by atoms with E-state index in [0.717, 1.165) is 51.7 Å². The SMILES string of the molecule is CC(C)OC(=O)CCCC1=CC[C@@H]2[C@@H](CO[Si](C)(C)C(C)(C)C)[C@H](OC3CCCCO3)C[C@H]2OC1. The molecule has 0 aromatic heterocycles. The predicted octanol–water partition coefficient (Wildman–Crippen LogP) is 6.39. The largest absolute Gasteiger partial charge is 0.463 e. The number of rotatable bonds is 10. The van der Waals surface area contributed by atoms with Crippen LogP contribution in [0.3, 0.4) is 0 Å². The van der Waals surface area contributed by atoms with Crippen molar-refractivity contribution < 1.29 is 28.2 Å². The van der Waals surface area contributed by atoms with Crippen molar-refractivity contribution in [1.29, 1.82) is 0 Å². The van der Waals surface area contributed by atoms with Gasteiger partial charge in [0.1, 0.15) is 0 Å². The Hall–Kier alpha value is -0.733. The fourth-order valence-corrected chi connectivity index (χ4v) is 6.14. The summed E-state index contributed by atoms with van der Waals surface area (Å²) in [4.78, 5) is 11.9. The Kier molecular flexibility index (Phi) is 10.4. The van der Waals surface area contributed by atoms with Crippen molar-refractivity contribution in [1.82, 2.24) is 0 Å². The van der Waals surface area contributed by atoms with Crippen LogP contribution in [0.5, 0.6) is 0 Å². The first-order valence-corrected chi connectivity index (χ1v) is 16.8. The van der Waals surface area contributed by atoms with Crippen LogP contribution >= 0.6 is 0 Å². The predicted molar refractivity (Wildman–Crippen MR) is 141 cm³/mol. The normalized spacial score (nSPS) is 30.1. The van der Waals surface area contributed by atoms with E-state index in [1.807, 2.05) is 13.8 Å². The van der Waals surface area contributed by atoms with E-state index in [9.17, 15) is 4.79 Å². The van der Waals surface area contributed by atoms with Crippen LogP contribution in [0.25, 0.3) is 0 Å². The molecule has 2 heterocycles. The van der Waals surface area contributed by atoms with Gasteiger partial charge in [-0.25, -0.2) is 0 Å². The highest BCUT2D eigenvalue weighted by atomic mass is 28.4. The van der Waals surface area contributed by atoms with Crippen LogP contribution in [-0.2, 0) is 28.2 Å². The molecule has 202 valence electrons. The number of carbonyl (C=O) groups excluding carboxylic acids is 1. The summed E-state index contributed by atoms with van der Waals surface area (Å²) in [7, 11) is -1.86. The first-order chi connectivity index (χ1) is 16.5. The van der Waals surface area contributed by atoms with Crippen LogP contribution < -0.4 is 0 Å². The van der Waals surface area contributed by atoms with Crippen molar-refractivity contribution in [2.24, 2.45) is 11.8 Å². The molecule has 2 fully saturated rings. The minimum absolute atomic E-state index is 0.0537. The maximum absolute atomic E-state index is 11.9. The average molecular weight is 511 g/mol. The van der Waals surface area contributed by atoms with Crippen LogP contribution in [-0.4, -0.2) is 58.7 Å². The van der Waals surface area contributed by atoms with Crippen LogP contribution in [0.1, 0.15) is 86.0 Å². The monoisotopic (exact) mass is 510 g/mol. The van der Waals surface area contributed by atoms with Crippen molar-refractivity contribution >= 4 is 14.3 Å². The lowest BCUT2D eigenvalue weighted by molar-refractivity contribution is -0.198. The van der Waals surface area contributed by atoms with E-state index in [0.29, 0.717) is 24.9 Å². The molecule has 0 spiro atoms. The fourth-order valence-electron chi connectivity index (χ4n) is 5.10. The molecule has 2 aliphatic heterocycles. The second-order valence-corrected chi connectivity index (χ2v) is 17.3. The number of allylic oxidation sites excluding steroid dienone is 1. The molecule has 6 nitrogen and oxygen atoms in total. The quantitative estimate of drug-likeness (QED) is 0.193. The minimum atomic E-state index is -1.86. The first-order valence-electron chi connectivity index (χ1n) is 13.9. The lowest BCUT2D eigenvalue weighted by Crippen LogP contribution is -2.44. The molecule has 1 saturated carbocycles. The third-order valence-corrected chi connectivity index (χ3v) is 12.8. The lowest BCUT2D eigenvalue weighted by atomic mass is 9.90. The van der Waals surface area contributed by atoms with Crippen LogP contribution in [0.15, 0.2) is 11.6 Å². The highest BCUT2D eigenvalue weighted by Crippen LogP contribution is 2.44. The molecule has 3 aliphatic rings. The van der Waals surface area contributed by atoms with Gasteiger partial charge in [0.25, 0.3) is 0 Å². The van der Waals surface area contributed by atoms with Crippen molar-refractivity contribution in [3.05, 3.63) is 11.6 Å². The van der Waals surface area contributed by atoms with Crippen molar-refractivity contribution in [3.63, 3.8) is 0 Å². The molecule has 0 amide bonds. The Bertz CT molecular complexity index is 707. The molecule has 3 rings (SSSR count). The van der Waals surface area contributed by atoms with Gasteiger partial charge in [0.05, 0.1) is 24.9 Å². The summed E-state index contributed by atoms with van der Waals surface area (Å²) in [5.74, 6) is 0.577. The molecule has 35 heavy (non-hydrogen) atoms. The van der Waals surface area contributed by atoms with Gasteiger partial charge in [-0.1, -0.05) is 26.8 Å². The Labute approximate surface area is 214 Å². The third kappa shape index (κ3) is 8.39. The Morgan fingerprint density at radius 3 is 2.63 bits per heavy atom. The van der Waals surface area contributed by atoms with Crippen LogP contribution in [0.2, 0.25) is 18.1 Å². The van der Waals surface area contributed by atoms with Crippen molar-refractivity contribution in [3.8, 4) is 0 Å². The summed E-state index contributed by atoms with van der Waals surface area (Å²) in [6, 6.07) is 0. The van der Waals surface area contributed by atoms with Gasteiger partial charge in [0, 0.05) is 32.0 Å². The van der Waals surface area contributed by atoms with Gasteiger partial charge < -0.3 is 23.4 Å². The van der Waals surface area contributed by atoms with Gasteiger partial charge in [-0.15, -0.1) is 0 Å². The summed E-state index contributed by atoms with van der Waals surface area (Å²) in [5.41, 5.74) is 1.30. The smallest absolute Gasteiger partial charge is 0.306 e. The van der Waals surface area contributed by atoms with Crippen LogP contribution in [0, 0.1) is 11.8 Å². The molecule has 5 atom stereocenters. The summed E-state index contributed by atoms with van der Waals surface area (Å²) in [5, 5.41) is 0.178. The second-order valence-electron chi connectivity index (χ2n) is 12.4. The molecule has 7 heteroatoms. The van der Waals surface area contributed by atoms with E-state index in [1.165, 1.54) is 12.0 Å². The average Bonchev–Trinajstić information content (AvgIpc) is 2.96. The fraction of sp³-hybridized carbons (Fsp3) is 0.893. The van der Waals surface area contributed by atoms with Gasteiger partial charge in [0.2, 0.25) is 0 Å². The van der Waals surface area contributed by atoms with Gasteiger partial charge in [0.15, 0.2) is 14.6 Å². The van der Waals surface area contributed by atoms with Gasteiger partial charge in [-0.2, -0.15) is 0 Å². The van der Waals surface area contributed by atoms with E-state index >= 15 is 0 Å². The molecule has 0 N–H and O–H groups in total. The maximum Gasteiger partial charge on any atom is 0.306 e. The summed E-state index contributed by atoms with van der Waals surface area (Å²) < 4.78 is 30.9. The zero-order valence-electron chi connectivity index (χ0n) is 23.3. The van der Waals surface area contributed by atoms with Crippen LogP contribution in [0.4, 0.5) is 0 Å². The van der Waals surface area contributed by atoms with E-state index < -0.39 is 8.32 Å². The van der Waals surface area contributed by atoms with E-state index in [4.69, 9.17) is 23.4 Å². The Morgan fingerprint density at radius 1 is 1.20 bits per heavy atom. The molecule has 1 aliphatic carbocycles. The molecular formula is C28H50O6Si.